The van der Waals surface area contributed by atoms with E-state index in [1.165, 1.54) is 43.8 Å². The Kier molecular flexibility index (Phi) is 5.97. The van der Waals surface area contributed by atoms with Crippen molar-refractivity contribution >= 4 is 23.1 Å². The molecule has 0 saturated carbocycles. The number of nitrogens with zero attached hydrogens (tertiary/aromatic N) is 2. The summed E-state index contributed by atoms with van der Waals surface area (Å²) in [5.41, 5.74) is 0.373. The van der Waals surface area contributed by atoms with Crippen LogP contribution in [0.1, 0.15) is 17.2 Å². The Balaban J connectivity index is 1.87. The second kappa shape index (κ2) is 8.89. The number of ether oxygens (including phenoxy) is 2. The number of pyridine rings is 1. The molecule has 1 aliphatic rings. The number of hydrogen-bond donors (Lipinski definition) is 1. The van der Waals surface area contributed by atoms with Gasteiger partial charge in [-0.05, 0) is 48.0 Å². The van der Waals surface area contributed by atoms with Crippen LogP contribution in [0.3, 0.4) is 0 Å². The third kappa shape index (κ3) is 4.42. The van der Waals surface area contributed by atoms with Crippen molar-refractivity contribution in [1.82, 2.24) is 4.98 Å². The molecule has 34 heavy (non-hydrogen) atoms. The van der Waals surface area contributed by atoms with E-state index in [0.717, 1.165) is 17.0 Å². The predicted octanol–water partition coefficient (Wildman–Crippen LogP) is 4.62. The summed E-state index contributed by atoms with van der Waals surface area (Å²) in [6.45, 7) is 0. The molecular formula is C24H17F3N2O5. The molecule has 1 amide bonds. The van der Waals surface area contributed by atoms with E-state index in [1.807, 2.05) is 0 Å². The molecule has 0 spiro atoms. The van der Waals surface area contributed by atoms with Crippen LogP contribution >= 0.6 is 0 Å². The van der Waals surface area contributed by atoms with Gasteiger partial charge in [0.25, 0.3) is 11.7 Å². The van der Waals surface area contributed by atoms with Gasteiger partial charge >= 0.3 is 6.36 Å². The molecule has 174 valence electrons. The molecule has 2 aromatic carbocycles. The first-order chi connectivity index (χ1) is 16.2. The van der Waals surface area contributed by atoms with Crippen LogP contribution in [0.4, 0.5) is 18.9 Å². The highest BCUT2D eigenvalue weighted by molar-refractivity contribution is 6.51. The quantitative estimate of drug-likeness (QED) is 0.333. The number of hydrogen-bond acceptors (Lipinski definition) is 6. The van der Waals surface area contributed by atoms with E-state index in [1.54, 1.807) is 24.3 Å². The summed E-state index contributed by atoms with van der Waals surface area (Å²) in [5.74, 6) is -2.51. The number of amides is 1. The van der Waals surface area contributed by atoms with Gasteiger partial charge in [-0.25, -0.2) is 0 Å². The summed E-state index contributed by atoms with van der Waals surface area (Å²) in [6, 6.07) is 12.9. The number of anilines is 1. The number of alkyl halides is 3. The molecule has 0 bridgehead atoms. The van der Waals surface area contributed by atoms with E-state index in [0.29, 0.717) is 11.3 Å². The van der Waals surface area contributed by atoms with Gasteiger partial charge in [-0.15, -0.1) is 13.2 Å². The summed E-state index contributed by atoms with van der Waals surface area (Å²) in [6.07, 6.45) is -2.05. The summed E-state index contributed by atoms with van der Waals surface area (Å²) in [5, 5.41) is 11.0. The number of carbonyl (C=O) groups excluding carboxylic acids is 2. The van der Waals surface area contributed by atoms with Crippen LogP contribution in [0.25, 0.3) is 5.76 Å². The second-order valence-corrected chi connectivity index (χ2v) is 7.23. The molecular weight excluding hydrogens is 453 g/mol. The zero-order valence-corrected chi connectivity index (χ0v) is 17.6. The van der Waals surface area contributed by atoms with Crippen molar-refractivity contribution < 1.29 is 37.3 Å². The molecule has 2 heterocycles. The van der Waals surface area contributed by atoms with Crippen molar-refractivity contribution in [3.63, 3.8) is 0 Å². The third-order valence-corrected chi connectivity index (χ3v) is 5.14. The maximum atomic E-state index is 13.1. The van der Waals surface area contributed by atoms with E-state index < -0.39 is 35.6 Å². The van der Waals surface area contributed by atoms with Gasteiger partial charge in [0.05, 0.1) is 18.7 Å². The Labute approximate surface area is 191 Å². The molecule has 7 nitrogen and oxygen atoms in total. The zero-order valence-electron chi connectivity index (χ0n) is 17.6. The van der Waals surface area contributed by atoms with Gasteiger partial charge in [0.15, 0.2) is 0 Å². The molecule has 1 aliphatic heterocycles. The Morgan fingerprint density at radius 1 is 1.03 bits per heavy atom. The molecule has 1 unspecified atom stereocenters. The average molecular weight is 470 g/mol. The minimum absolute atomic E-state index is 0.0218. The van der Waals surface area contributed by atoms with Crippen molar-refractivity contribution in [3.8, 4) is 11.5 Å². The maximum absolute atomic E-state index is 13.1. The summed E-state index contributed by atoms with van der Waals surface area (Å²) in [4.78, 5) is 31.2. The fraction of sp³-hybridized carbons (Fsp3) is 0.125. The van der Waals surface area contributed by atoms with Crippen LogP contribution in [-0.4, -0.2) is 35.3 Å². The van der Waals surface area contributed by atoms with Gasteiger partial charge in [-0.3, -0.25) is 19.5 Å². The van der Waals surface area contributed by atoms with Gasteiger partial charge < -0.3 is 14.6 Å². The average Bonchev–Trinajstić information content (AvgIpc) is 3.09. The van der Waals surface area contributed by atoms with Crippen LogP contribution in [0.15, 0.2) is 78.6 Å². The maximum Gasteiger partial charge on any atom is 0.573 e. The van der Waals surface area contributed by atoms with Gasteiger partial charge in [-0.1, -0.05) is 12.1 Å². The van der Waals surface area contributed by atoms with Crippen LogP contribution in [-0.2, 0) is 9.59 Å². The Morgan fingerprint density at radius 2 is 1.76 bits per heavy atom. The monoisotopic (exact) mass is 470 g/mol. The zero-order chi connectivity index (χ0) is 24.5. The summed E-state index contributed by atoms with van der Waals surface area (Å²) >= 11 is 0. The first-order valence-electron chi connectivity index (χ1n) is 9.91. The minimum Gasteiger partial charge on any atom is -0.507 e. The molecule has 4 rings (SSSR count). The van der Waals surface area contributed by atoms with Crippen LogP contribution in [0, 0.1) is 0 Å². The molecule has 10 heteroatoms. The lowest BCUT2D eigenvalue weighted by Gasteiger charge is -2.25. The number of halogens is 3. The Hall–Kier alpha value is -4.34. The van der Waals surface area contributed by atoms with Gasteiger partial charge in [0.2, 0.25) is 0 Å². The topological polar surface area (TPSA) is 89.0 Å². The van der Waals surface area contributed by atoms with E-state index in [2.05, 4.69) is 9.72 Å². The first-order valence-corrected chi connectivity index (χ1v) is 9.91. The number of carbonyl (C=O) groups is 2. The predicted molar refractivity (Wildman–Crippen MR) is 115 cm³/mol. The Bertz CT molecular complexity index is 1260. The fourth-order valence-electron chi connectivity index (χ4n) is 3.69. The van der Waals surface area contributed by atoms with Crippen LogP contribution < -0.4 is 14.4 Å². The molecule has 1 N–H and O–H groups in total. The molecule has 1 saturated heterocycles. The SMILES string of the molecule is COc1ccc(/C(O)=C2\C(=O)C(=O)N(c3cccc(OC(F)(F)F)c3)C2c2cccnc2)cc1. The van der Waals surface area contributed by atoms with Gasteiger partial charge in [0, 0.05) is 29.7 Å². The lowest BCUT2D eigenvalue weighted by Crippen LogP contribution is -2.29. The third-order valence-electron chi connectivity index (χ3n) is 5.14. The van der Waals surface area contributed by atoms with E-state index in [-0.39, 0.29) is 16.8 Å². The van der Waals surface area contributed by atoms with Crippen molar-refractivity contribution in [2.75, 3.05) is 12.0 Å². The highest BCUT2D eigenvalue weighted by Crippen LogP contribution is 2.43. The Morgan fingerprint density at radius 3 is 2.38 bits per heavy atom. The van der Waals surface area contributed by atoms with E-state index in [9.17, 15) is 27.9 Å². The smallest absolute Gasteiger partial charge is 0.507 e. The largest absolute Gasteiger partial charge is 0.573 e. The van der Waals surface area contributed by atoms with Crippen molar-refractivity contribution in [2.24, 2.45) is 0 Å². The number of Topliss-reactive ketones (excluding diaryl/α,β-unsaturated/α-hetero) is 1. The number of aliphatic hydroxyl groups is 1. The highest BCUT2D eigenvalue weighted by Gasteiger charge is 2.47. The number of methoxy groups -OCH3 is 1. The summed E-state index contributed by atoms with van der Waals surface area (Å²) in [7, 11) is 1.47. The lowest BCUT2D eigenvalue weighted by molar-refractivity contribution is -0.274. The molecule has 1 atom stereocenters. The van der Waals surface area contributed by atoms with E-state index >= 15 is 0 Å². The summed E-state index contributed by atoms with van der Waals surface area (Å²) < 4.78 is 47.2. The van der Waals surface area contributed by atoms with Crippen molar-refractivity contribution in [2.45, 2.75) is 12.4 Å². The number of ketones is 1. The molecule has 1 fully saturated rings. The molecule has 3 aromatic rings. The lowest BCUT2D eigenvalue weighted by atomic mass is 9.96. The normalized spacial score (nSPS) is 17.6. The number of aromatic nitrogens is 1. The first kappa shape index (κ1) is 22.8. The fourth-order valence-corrected chi connectivity index (χ4v) is 3.69. The van der Waals surface area contributed by atoms with Gasteiger partial charge in [0.1, 0.15) is 17.3 Å². The minimum atomic E-state index is -4.94. The molecule has 0 aliphatic carbocycles. The highest BCUT2D eigenvalue weighted by atomic mass is 19.4. The van der Waals surface area contributed by atoms with Crippen molar-refractivity contribution in [3.05, 3.63) is 89.8 Å². The van der Waals surface area contributed by atoms with Crippen LogP contribution in [0.2, 0.25) is 0 Å². The van der Waals surface area contributed by atoms with E-state index in [4.69, 9.17) is 4.74 Å². The number of benzene rings is 2. The second-order valence-electron chi connectivity index (χ2n) is 7.23. The number of rotatable bonds is 5. The standard InChI is InChI=1S/C24H17F3N2O5/c1-33-17-9-7-14(8-10-17)21(30)19-20(15-4-3-11-28-13-15)29(23(32)22(19)31)16-5-2-6-18(12-16)34-24(25,26)27/h2-13,20,30H,1H3/b21-19+. The van der Waals surface area contributed by atoms with Gasteiger partial charge in [-0.2, -0.15) is 0 Å². The molecule has 1 aromatic heterocycles. The number of aliphatic hydroxyl groups excluding tert-OH is 1. The van der Waals surface area contributed by atoms with Crippen LogP contribution in [0.5, 0.6) is 11.5 Å². The molecule has 0 radical (unpaired) electrons. The van der Waals surface area contributed by atoms with Crippen molar-refractivity contribution in [1.29, 1.82) is 0 Å².